The molecule has 20 heavy (non-hydrogen) atoms. The van der Waals surface area contributed by atoms with Gasteiger partial charge in [0.25, 0.3) is 0 Å². The van der Waals surface area contributed by atoms with Crippen LogP contribution in [0.4, 0.5) is 8.78 Å². The molecule has 106 valence electrons. The van der Waals surface area contributed by atoms with Crippen molar-refractivity contribution < 1.29 is 8.78 Å². The summed E-state index contributed by atoms with van der Waals surface area (Å²) in [6, 6.07) is 9.60. The molecule has 1 nitrogen and oxygen atoms in total. The van der Waals surface area contributed by atoms with Crippen LogP contribution in [0.1, 0.15) is 24.5 Å². The Morgan fingerprint density at radius 3 is 2.60 bits per heavy atom. The van der Waals surface area contributed by atoms with Gasteiger partial charge in [0.1, 0.15) is 11.6 Å². The molecule has 1 N–H and O–H groups in total. The third kappa shape index (κ3) is 3.42. The van der Waals surface area contributed by atoms with E-state index in [0.717, 1.165) is 29.7 Å². The highest BCUT2D eigenvalue weighted by molar-refractivity contribution is 5.67. The van der Waals surface area contributed by atoms with Gasteiger partial charge in [0, 0.05) is 12.1 Å². The van der Waals surface area contributed by atoms with E-state index in [1.807, 2.05) is 6.92 Å². The summed E-state index contributed by atoms with van der Waals surface area (Å²) < 4.78 is 27.2. The van der Waals surface area contributed by atoms with Crippen LogP contribution in [0.5, 0.6) is 0 Å². The van der Waals surface area contributed by atoms with Crippen LogP contribution in [0.3, 0.4) is 0 Å². The summed E-state index contributed by atoms with van der Waals surface area (Å²) >= 11 is 0. The molecule has 0 unspecified atom stereocenters. The van der Waals surface area contributed by atoms with E-state index in [1.165, 1.54) is 18.2 Å². The van der Waals surface area contributed by atoms with Crippen molar-refractivity contribution in [3.63, 3.8) is 0 Å². The van der Waals surface area contributed by atoms with Gasteiger partial charge >= 0.3 is 0 Å². The van der Waals surface area contributed by atoms with E-state index >= 15 is 0 Å². The average molecular weight is 275 g/mol. The van der Waals surface area contributed by atoms with E-state index in [-0.39, 0.29) is 11.6 Å². The number of benzene rings is 2. The number of hydrogen-bond donors (Lipinski definition) is 1. The number of nitrogens with one attached hydrogen (secondary N) is 1. The Morgan fingerprint density at radius 1 is 1.05 bits per heavy atom. The number of aryl methyl sites for hydroxylation is 1. The standard InChI is InChI=1S/C17H19F2N/c1-3-8-20-11-14-9-13(5-7-17(14)19)16-10-15(18)6-4-12(16)2/h4-7,9-10,20H,3,8,11H2,1-2H3. The lowest BCUT2D eigenvalue weighted by Gasteiger charge is -2.10. The molecule has 0 heterocycles. The van der Waals surface area contributed by atoms with Crippen LogP contribution in [0.2, 0.25) is 0 Å². The Labute approximate surface area is 118 Å². The molecule has 0 aliphatic heterocycles. The van der Waals surface area contributed by atoms with Crippen molar-refractivity contribution in [1.82, 2.24) is 5.32 Å². The van der Waals surface area contributed by atoms with Gasteiger partial charge in [-0.15, -0.1) is 0 Å². The predicted octanol–water partition coefficient (Wildman–Crippen LogP) is 4.44. The Kier molecular flexibility index (Phi) is 4.85. The van der Waals surface area contributed by atoms with Crippen molar-refractivity contribution in [2.24, 2.45) is 0 Å². The first kappa shape index (κ1) is 14.7. The topological polar surface area (TPSA) is 12.0 Å². The summed E-state index contributed by atoms with van der Waals surface area (Å²) in [5.41, 5.74) is 3.24. The summed E-state index contributed by atoms with van der Waals surface area (Å²) in [6.45, 7) is 5.33. The van der Waals surface area contributed by atoms with Crippen LogP contribution < -0.4 is 5.32 Å². The average Bonchev–Trinajstić information content (AvgIpc) is 2.44. The summed E-state index contributed by atoms with van der Waals surface area (Å²) in [6.07, 6.45) is 1.00. The Morgan fingerprint density at radius 2 is 1.85 bits per heavy atom. The van der Waals surface area contributed by atoms with Crippen LogP contribution in [0, 0.1) is 18.6 Å². The Bertz CT molecular complexity index is 594. The van der Waals surface area contributed by atoms with E-state index in [4.69, 9.17) is 0 Å². The lowest BCUT2D eigenvalue weighted by molar-refractivity contribution is 0.587. The van der Waals surface area contributed by atoms with Crippen LogP contribution >= 0.6 is 0 Å². The van der Waals surface area contributed by atoms with Crippen LogP contribution in [0.25, 0.3) is 11.1 Å². The molecule has 0 spiro atoms. The molecule has 0 fully saturated rings. The van der Waals surface area contributed by atoms with E-state index in [0.29, 0.717) is 12.1 Å². The molecular formula is C17H19F2N. The highest BCUT2D eigenvalue weighted by Crippen LogP contribution is 2.26. The fourth-order valence-corrected chi connectivity index (χ4v) is 2.18. The molecule has 0 radical (unpaired) electrons. The molecule has 0 amide bonds. The first-order chi connectivity index (χ1) is 9.61. The molecule has 2 rings (SSSR count). The highest BCUT2D eigenvalue weighted by Gasteiger charge is 2.08. The fraction of sp³-hybridized carbons (Fsp3) is 0.294. The molecule has 0 bridgehead atoms. The summed E-state index contributed by atoms with van der Waals surface area (Å²) in [4.78, 5) is 0. The van der Waals surface area contributed by atoms with Gasteiger partial charge in [0.05, 0.1) is 0 Å². The molecule has 0 saturated heterocycles. The molecule has 0 saturated carbocycles. The van der Waals surface area contributed by atoms with Crippen LogP contribution in [-0.2, 0) is 6.54 Å². The van der Waals surface area contributed by atoms with Crippen molar-refractivity contribution in [1.29, 1.82) is 0 Å². The first-order valence-corrected chi connectivity index (χ1v) is 6.87. The second kappa shape index (κ2) is 6.62. The summed E-state index contributed by atoms with van der Waals surface area (Å²) in [5.74, 6) is -0.507. The van der Waals surface area contributed by atoms with E-state index < -0.39 is 0 Å². The minimum atomic E-state index is -0.277. The summed E-state index contributed by atoms with van der Waals surface area (Å²) in [5, 5.41) is 3.18. The van der Waals surface area contributed by atoms with E-state index in [1.54, 1.807) is 18.2 Å². The minimum Gasteiger partial charge on any atom is -0.313 e. The second-order valence-corrected chi connectivity index (χ2v) is 4.94. The number of halogens is 2. The lowest BCUT2D eigenvalue weighted by atomic mass is 9.98. The zero-order valence-electron chi connectivity index (χ0n) is 11.8. The maximum absolute atomic E-state index is 13.8. The van der Waals surface area contributed by atoms with Crippen molar-refractivity contribution in [3.8, 4) is 11.1 Å². The molecule has 3 heteroatoms. The SMILES string of the molecule is CCCNCc1cc(-c2cc(F)ccc2C)ccc1F. The Hall–Kier alpha value is -1.74. The third-order valence-corrected chi connectivity index (χ3v) is 3.30. The largest absolute Gasteiger partial charge is 0.313 e. The zero-order chi connectivity index (χ0) is 14.5. The number of hydrogen-bond acceptors (Lipinski definition) is 1. The van der Waals surface area contributed by atoms with Gasteiger partial charge in [0.15, 0.2) is 0 Å². The molecule has 0 aliphatic carbocycles. The maximum Gasteiger partial charge on any atom is 0.127 e. The first-order valence-electron chi connectivity index (χ1n) is 6.87. The quantitative estimate of drug-likeness (QED) is 0.795. The fourth-order valence-electron chi connectivity index (χ4n) is 2.18. The minimum absolute atomic E-state index is 0.230. The van der Waals surface area contributed by atoms with Gasteiger partial charge in [-0.05, 0) is 60.8 Å². The van der Waals surface area contributed by atoms with Gasteiger partial charge < -0.3 is 5.32 Å². The predicted molar refractivity (Wildman–Crippen MR) is 78.5 cm³/mol. The van der Waals surface area contributed by atoms with Gasteiger partial charge in [-0.1, -0.05) is 19.1 Å². The summed E-state index contributed by atoms with van der Waals surface area (Å²) in [7, 11) is 0. The van der Waals surface area contributed by atoms with E-state index in [2.05, 4.69) is 12.2 Å². The van der Waals surface area contributed by atoms with Crippen molar-refractivity contribution >= 4 is 0 Å². The van der Waals surface area contributed by atoms with Gasteiger partial charge in [-0.2, -0.15) is 0 Å². The Balaban J connectivity index is 2.33. The van der Waals surface area contributed by atoms with Gasteiger partial charge in [-0.25, -0.2) is 8.78 Å². The second-order valence-electron chi connectivity index (χ2n) is 4.94. The van der Waals surface area contributed by atoms with Crippen molar-refractivity contribution in [2.75, 3.05) is 6.54 Å². The zero-order valence-corrected chi connectivity index (χ0v) is 11.8. The molecule has 0 aliphatic rings. The lowest BCUT2D eigenvalue weighted by Crippen LogP contribution is -2.14. The maximum atomic E-state index is 13.8. The molecular weight excluding hydrogens is 256 g/mol. The van der Waals surface area contributed by atoms with Crippen LogP contribution in [-0.4, -0.2) is 6.54 Å². The molecule has 0 atom stereocenters. The molecule has 2 aromatic rings. The van der Waals surface area contributed by atoms with Gasteiger partial charge in [0.2, 0.25) is 0 Å². The molecule has 2 aromatic carbocycles. The number of rotatable bonds is 5. The third-order valence-electron chi connectivity index (χ3n) is 3.30. The smallest absolute Gasteiger partial charge is 0.127 e. The van der Waals surface area contributed by atoms with Gasteiger partial charge in [-0.3, -0.25) is 0 Å². The van der Waals surface area contributed by atoms with E-state index in [9.17, 15) is 8.78 Å². The molecule has 0 aromatic heterocycles. The highest BCUT2D eigenvalue weighted by atomic mass is 19.1. The van der Waals surface area contributed by atoms with Crippen molar-refractivity contribution in [3.05, 3.63) is 59.2 Å². The van der Waals surface area contributed by atoms with Crippen LogP contribution in [0.15, 0.2) is 36.4 Å². The normalized spacial score (nSPS) is 10.8. The van der Waals surface area contributed by atoms with Crippen molar-refractivity contribution in [2.45, 2.75) is 26.8 Å². The monoisotopic (exact) mass is 275 g/mol.